The molecule has 3 atom stereocenters. The molecule has 0 radical (unpaired) electrons. The van der Waals surface area contributed by atoms with Crippen LogP contribution in [0.5, 0.6) is 5.75 Å². The second kappa shape index (κ2) is 12.6. The molecule has 2 aromatic carbocycles. The number of aryl methyl sites for hydroxylation is 1. The van der Waals surface area contributed by atoms with Crippen molar-refractivity contribution in [2.75, 3.05) is 7.11 Å². The molecule has 8 heteroatoms. The number of methoxy groups -OCH3 is 1. The molecule has 0 heterocycles. The van der Waals surface area contributed by atoms with Gasteiger partial charge in [-0.25, -0.2) is 0 Å². The normalized spacial score (nSPS) is 16.6. The maximum Gasteiger partial charge on any atom is 0.475 e. The fourth-order valence-corrected chi connectivity index (χ4v) is 4.49. The molecule has 34 heavy (non-hydrogen) atoms. The average molecular weight is 466 g/mol. The van der Waals surface area contributed by atoms with Crippen molar-refractivity contribution >= 4 is 18.9 Å². The van der Waals surface area contributed by atoms with Crippen molar-refractivity contribution in [1.82, 2.24) is 10.6 Å². The van der Waals surface area contributed by atoms with Gasteiger partial charge < -0.3 is 25.4 Å². The van der Waals surface area contributed by atoms with Gasteiger partial charge in [0.2, 0.25) is 11.8 Å². The second-order valence-corrected chi connectivity index (χ2v) is 8.98. The number of carbonyl (C=O) groups is 2. The first-order valence-electron chi connectivity index (χ1n) is 12.1. The smallest absolute Gasteiger partial charge is 0.475 e. The Hall–Kier alpha value is -2.84. The molecule has 0 aromatic heterocycles. The molecule has 3 unspecified atom stereocenters. The van der Waals surface area contributed by atoms with Gasteiger partial charge in [0.15, 0.2) is 0 Å². The molecular formula is C26H35BN2O5. The van der Waals surface area contributed by atoms with Crippen molar-refractivity contribution in [3.63, 3.8) is 0 Å². The van der Waals surface area contributed by atoms with Crippen LogP contribution >= 0.6 is 0 Å². The lowest BCUT2D eigenvalue weighted by Gasteiger charge is -2.27. The van der Waals surface area contributed by atoms with E-state index in [2.05, 4.69) is 22.8 Å². The highest BCUT2D eigenvalue weighted by Gasteiger charge is 2.29. The number of benzene rings is 2. The summed E-state index contributed by atoms with van der Waals surface area (Å²) < 4.78 is 5.33. The molecule has 1 aliphatic carbocycles. The van der Waals surface area contributed by atoms with E-state index in [9.17, 15) is 19.6 Å². The van der Waals surface area contributed by atoms with Crippen LogP contribution in [0.3, 0.4) is 0 Å². The van der Waals surface area contributed by atoms with E-state index in [-0.39, 0.29) is 24.2 Å². The van der Waals surface area contributed by atoms with Crippen LogP contribution in [0.2, 0.25) is 0 Å². The SMILES string of the molecule is CCCCC(NC(=O)CC(NC(=O)C1CCc2ccccc2C1)c1cccc(OC)c1)B(O)O. The molecule has 0 saturated carbocycles. The van der Waals surface area contributed by atoms with Crippen molar-refractivity contribution < 1.29 is 24.4 Å². The molecule has 2 amide bonds. The van der Waals surface area contributed by atoms with E-state index >= 15 is 0 Å². The summed E-state index contributed by atoms with van der Waals surface area (Å²) in [6, 6.07) is 14.9. The van der Waals surface area contributed by atoms with E-state index in [1.54, 1.807) is 7.11 Å². The predicted molar refractivity (Wildman–Crippen MR) is 132 cm³/mol. The predicted octanol–water partition coefficient (Wildman–Crippen LogP) is 2.73. The number of hydrogen-bond donors (Lipinski definition) is 4. The summed E-state index contributed by atoms with van der Waals surface area (Å²) in [7, 11) is -0.0671. The van der Waals surface area contributed by atoms with Gasteiger partial charge in [-0.3, -0.25) is 9.59 Å². The average Bonchev–Trinajstić information content (AvgIpc) is 2.85. The van der Waals surface area contributed by atoms with Crippen molar-refractivity contribution in [2.24, 2.45) is 5.92 Å². The second-order valence-electron chi connectivity index (χ2n) is 8.98. The Bertz CT molecular complexity index is 968. The first-order chi connectivity index (χ1) is 16.4. The molecule has 7 nitrogen and oxygen atoms in total. The minimum absolute atomic E-state index is 0.0163. The van der Waals surface area contributed by atoms with Gasteiger partial charge in [-0.15, -0.1) is 0 Å². The summed E-state index contributed by atoms with van der Waals surface area (Å²) in [6.07, 6.45) is 4.39. The van der Waals surface area contributed by atoms with Gasteiger partial charge in [-0.1, -0.05) is 56.2 Å². The molecule has 0 bridgehead atoms. The molecule has 0 fully saturated rings. The number of carbonyl (C=O) groups excluding carboxylic acids is 2. The van der Waals surface area contributed by atoms with Crippen LogP contribution in [0.15, 0.2) is 48.5 Å². The Morgan fingerprint density at radius 1 is 1.12 bits per heavy atom. The fraction of sp³-hybridized carbons (Fsp3) is 0.462. The van der Waals surface area contributed by atoms with Crippen molar-refractivity contribution in [3.05, 3.63) is 65.2 Å². The van der Waals surface area contributed by atoms with Gasteiger partial charge in [0.05, 0.1) is 25.5 Å². The van der Waals surface area contributed by atoms with E-state index in [1.807, 2.05) is 43.3 Å². The zero-order valence-electron chi connectivity index (χ0n) is 20.0. The molecule has 0 spiro atoms. The summed E-state index contributed by atoms with van der Waals surface area (Å²) in [4.78, 5) is 26.1. The van der Waals surface area contributed by atoms with Crippen molar-refractivity contribution in [3.8, 4) is 5.75 Å². The summed E-state index contributed by atoms with van der Waals surface area (Å²) in [5.41, 5.74) is 3.24. The maximum atomic E-state index is 13.2. The molecule has 182 valence electrons. The summed E-state index contributed by atoms with van der Waals surface area (Å²) in [6.45, 7) is 2.00. The number of nitrogens with one attached hydrogen (secondary N) is 2. The van der Waals surface area contributed by atoms with Gasteiger partial charge in [0, 0.05) is 5.92 Å². The van der Waals surface area contributed by atoms with Crippen LogP contribution in [-0.2, 0) is 22.4 Å². The third-order valence-electron chi connectivity index (χ3n) is 6.49. The van der Waals surface area contributed by atoms with Gasteiger partial charge >= 0.3 is 7.12 Å². The summed E-state index contributed by atoms with van der Waals surface area (Å²) in [5, 5.41) is 25.1. The Morgan fingerprint density at radius 2 is 1.88 bits per heavy atom. The van der Waals surface area contributed by atoms with Crippen LogP contribution in [0.1, 0.15) is 61.8 Å². The Labute approximate surface area is 202 Å². The zero-order valence-corrected chi connectivity index (χ0v) is 20.0. The van der Waals surface area contributed by atoms with Crippen molar-refractivity contribution in [2.45, 2.75) is 63.9 Å². The van der Waals surface area contributed by atoms with E-state index in [0.29, 0.717) is 18.6 Å². The van der Waals surface area contributed by atoms with E-state index < -0.39 is 19.1 Å². The lowest BCUT2D eigenvalue weighted by molar-refractivity contribution is -0.127. The lowest BCUT2D eigenvalue weighted by atomic mass is 9.76. The van der Waals surface area contributed by atoms with Gasteiger partial charge in [-0.05, 0) is 54.5 Å². The standard InChI is InChI=1S/C26H35BN2O5/c1-3-4-12-24(27(32)33)29-25(30)17-23(20-10-7-11-22(16-20)34-2)28-26(31)21-14-13-18-8-5-6-9-19(18)15-21/h5-11,16,21,23-24,32-33H,3-4,12-15,17H2,1-2H3,(H,28,31)(H,29,30). The largest absolute Gasteiger partial charge is 0.497 e. The Balaban J connectivity index is 1.73. The van der Waals surface area contributed by atoms with Gasteiger partial charge in [0.25, 0.3) is 0 Å². The molecule has 2 aromatic rings. The number of amides is 2. The molecule has 3 rings (SSSR count). The molecule has 4 N–H and O–H groups in total. The van der Waals surface area contributed by atoms with Crippen LogP contribution in [0.25, 0.3) is 0 Å². The molecule has 0 aliphatic heterocycles. The molecule has 1 aliphatic rings. The van der Waals surface area contributed by atoms with Gasteiger partial charge in [-0.2, -0.15) is 0 Å². The molecule has 0 saturated heterocycles. The number of rotatable bonds is 11. The summed E-state index contributed by atoms with van der Waals surface area (Å²) in [5.74, 6) is -0.710. The van der Waals surface area contributed by atoms with Gasteiger partial charge in [0.1, 0.15) is 5.75 Å². The van der Waals surface area contributed by atoms with Crippen LogP contribution in [0.4, 0.5) is 0 Å². The lowest BCUT2D eigenvalue weighted by Crippen LogP contribution is -2.47. The van der Waals surface area contributed by atoms with E-state index in [4.69, 9.17) is 4.74 Å². The highest BCUT2D eigenvalue weighted by molar-refractivity contribution is 6.43. The first-order valence-corrected chi connectivity index (χ1v) is 12.1. The Morgan fingerprint density at radius 3 is 2.59 bits per heavy atom. The molecular weight excluding hydrogens is 431 g/mol. The topological polar surface area (TPSA) is 108 Å². The number of unbranched alkanes of at least 4 members (excludes halogenated alkanes) is 1. The number of hydrogen-bond acceptors (Lipinski definition) is 5. The highest BCUT2D eigenvalue weighted by Crippen LogP contribution is 2.28. The monoisotopic (exact) mass is 466 g/mol. The maximum absolute atomic E-state index is 13.2. The third kappa shape index (κ3) is 7.08. The highest BCUT2D eigenvalue weighted by atomic mass is 16.5. The number of fused-ring (bicyclic) bond motifs is 1. The minimum atomic E-state index is -1.64. The summed E-state index contributed by atoms with van der Waals surface area (Å²) >= 11 is 0. The fourth-order valence-electron chi connectivity index (χ4n) is 4.49. The Kier molecular flexibility index (Phi) is 9.54. The number of ether oxygens (including phenoxy) is 1. The van der Waals surface area contributed by atoms with Crippen LogP contribution < -0.4 is 15.4 Å². The van der Waals surface area contributed by atoms with E-state index in [1.165, 1.54) is 11.1 Å². The third-order valence-corrected chi connectivity index (χ3v) is 6.49. The minimum Gasteiger partial charge on any atom is -0.497 e. The van der Waals surface area contributed by atoms with E-state index in [0.717, 1.165) is 31.2 Å². The van der Waals surface area contributed by atoms with Crippen molar-refractivity contribution in [1.29, 1.82) is 0 Å². The quantitative estimate of drug-likeness (QED) is 0.381. The first kappa shape index (κ1) is 25.8. The van der Waals surface area contributed by atoms with Crippen LogP contribution in [0, 0.1) is 5.92 Å². The zero-order chi connectivity index (χ0) is 24.5. The van der Waals surface area contributed by atoms with Crippen LogP contribution in [-0.4, -0.2) is 42.0 Å².